The Hall–Kier alpha value is -2.19. The molecule has 8 nitrogen and oxygen atoms in total. The zero-order valence-corrected chi connectivity index (χ0v) is 28.2. The van der Waals surface area contributed by atoms with Crippen molar-refractivity contribution in [3.05, 3.63) is 24.3 Å². The molecule has 0 amide bonds. The van der Waals surface area contributed by atoms with Gasteiger partial charge in [-0.15, -0.1) is 0 Å². The van der Waals surface area contributed by atoms with Crippen LogP contribution >= 0.6 is 0 Å². The van der Waals surface area contributed by atoms with E-state index in [2.05, 4.69) is 31.2 Å². The first-order chi connectivity index (χ1) is 20.6. The van der Waals surface area contributed by atoms with Gasteiger partial charge in [-0.1, -0.05) is 89.5 Å². The third kappa shape index (κ3) is 26.0. The molecule has 0 aliphatic carbocycles. The number of esters is 2. The average Bonchev–Trinajstić information content (AvgIpc) is 2.94. The Bertz CT molecular complexity index is 773. The summed E-state index contributed by atoms with van der Waals surface area (Å²) in [5.74, 6) is -1.55. The van der Waals surface area contributed by atoms with Gasteiger partial charge in [-0.3, -0.25) is 9.59 Å². The van der Waals surface area contributed by atoms with E-state index in [9.17, 15) is 19.5 Å². The number of ether oxygens (including phenoxy) is 3. The molecule has 0 spiro atoms. The first-order valence-corrected chi connectivity index (χ1v) is 16.9. The van der Waals surface area contributed by atoms with Gasteiger partial charge in [0, 0.05) is 19.3 Å². The van der Waals surface area contributed by atoms with Crippen molar-refractivity contribution in [3.8, 4) is 0 Å². The van der Waals surface area contributed by atoms with Crippen LogP contribution in [0.5, 0.6) is 0 Å². The summed E-state index contributed by atoms with van der Waals surface area (Å²) in [7, 11) is 5.48. The second kappa shape index (κ2) is 27.4. The lowest BCUT2D eigenvalue weighted by molar-refractivity contribution is -0.887. The summed E-state index contributed by atoms with van der Waals surface area (Å²) in [6.07, 6.45) is 26.5. The number of allylic oxidation sites excluding steroid dienone is 4. The van der Waals surface area contributed by atoms with Crippen molar-refractivity contribution in [2.75, 3.05) is 41.0 Å². The Labute approximate surface area is 262 Å². The molecule has 250 valence electrons. The van der Waals surface area contributed by atoms with E-state index in [1.807, 2.05) is 28.1 Å². The fourth-order valence-corrected chi connectivity index (χ4v) is 4.69. The molecular formula is C35H64NO7+. The molecule has 0 saturated carbocycles. The van der Waals surface area contributed by atoms with Gasteiger partial charge in [-0.25, -0.2) is 4.79 Å². The van der Waals surface area contributed by atoms with E-state index in [4.69, 9.17) is 14.2 Å². The van der Waals surface area contributed by atoms with Crippen LogP contribution < -0.4 is 0 Å². The topological polar surface area (TPSA) is 99.1 Å². The molecule has 0 aromatic rings. The third-order valence-electron chi connectivity index (χ3n) is 7.32. The molecule has 0 fully saturated rings. The van der Waals surface area contributed by atoms with Crippen LogP contribution in [-0.4, -0.2) is 80.6 Å². The molecule has 0 radical (unpaired) electrons. The summed E-state index contributed by atoms with van der Waals surface area (Å²) < 4.78 is 16.8. The normalized spacial score (nSPS) is 13.4. The van der Waals surface area contributed by atoms with Gasteiger partial charge in [0.05, 0.1) is 34.4 Å². The Kier molecular flexibility index (Phi) is 26.0. The number of nitrogens with zero attached hydrogens (tertiary/aromatic N) is 1. The minimum absolute atomic E-state index is 0.0552. The Morgan fingerprint density at radius 2 is 1.28 bits per heavy atom. The number of rotatable bonds is 29. The highest BCUT2D eigenvalue weighted by Gasteiger charge is 2.31. The van der Waals surface area contributed by atoms with Crippen LogP contribution in [-0.2, 0) is 28.6 Å². The number of hydrogen-bond donors (Lipinski definition) is 1. The molecule has 2 unspecified atom stereocenters. The van der Waals surface area contributed by atoms with E-state index in [0.29, 0.717) is 25.7 Å². The van der Waals surface area contributed by atoms with Gasteiger partial charge in [0.2, 0.25) is 0 Å². The smallest absolute Gasteiger partial charge is 0.362 e. The van der Waals surface area contributed by atoms with Gasteiger partial charge in [0.1, 0.15) is 6.61 Å². The summed E-state index contributed by atoms with van der Waals surface area (Å²) in [5, 5.41) is 9.48. The summed E-state index contributed by atoms with van der Waals surface area (Å²) in [6, 6.07) is -0.609. The number of carbonyl (C=O) groups excluding carboxylic acids is 2. The highest BCUT2D eigenvalue weighted by Crippen LogP contribution is 2.12. The van der Waals surface area contributed by atoms with Gasteiger partial charge >= 0.3 is 17.9 Å². The number of carboxylic acids is 1. The van der Waals surface area contributed by atoms with Crippen LogP contribution in [0.3, 0.4) is 0 Å². The maximum Gasteiger partial charge on any atom is 0.362 e. The fourth-order valence-electron chi connectivity index (χ4n) is 4.69. The van der Waals surface area contributed by atoms with E-state index in [-0.39, 0.29) is 36.2 Å². The van der Waals surface area contributed by atoms with Gasteiger partial charge in [-0.2, -0.15) is 0 Å². The van der Waals surface area contributed by atoms with Gasteiger partial charge in [-0.05, 0) is 44.9 Å². The van der Waals surface area contributed by atoms with Crippen LogP contribution in [0.2, 0.25) is 0 Å². The lowest BCUT2D eigenvalue weighted by Gasteiger charge is -2.31. The monoisotopic (exact) mass is 610 g/mol. The molecule has 0 heterocycles. The SMILES string of the molecule is CCCCCC/C=C\C/C=C\CCCCCCCCCC(=O)OC(COCCC(C(=O)O)[N+](C)(C)C)COC(=O)CCC. The summed E-state index contributed by atoms with van der Waals surface area (Å²) in [4.78, 5) is 35.8. The Morgan fingerprint density at radius 1 is 0.698 bits per heavy atom. The molecule has 0 aliphatic rings. The second-order valence-corrected chi connectivity index (χ2v) is 12.4. The zero-order valence-electron chi connectivity index (χ0n) is 28.2. The van der Waals surface area contributed by atoms with E-state index < -0.39 is 18.1 Å². The first-order valence-electron chi connectivity index (χ1n) is 16.9. The van der Waals surface area contributed by atoms with Crippen LogP contribution in [0.1, 0.15) is 129 Å². The molecule has 0 aromatic carbocycles. The Balaban J connectivity index is 4.11. The second-order valence-electron chi connectivity index (χ2n) is 12.4. The number of likely N-dealkylation sites (N-methyl/N-ethyl adjacent to an activating group) is 1. The van der Waals surface area contributed by atoms with Crippen molar-refractivity contribution < 1.29 is 38.2 Å². The van der Waals surface area contributed by atoms with E-state index in [0.717, 1.165) is 32.1 Å². The van der Waals surface area contributed by atoms with Crippen LogP contribution in [0.25, 0.3) is 0 Å². The predicted molar refractivity (Wildman–Crippen MR) is 174 cm³/mol. The minimum atomic E-state index is -0.882. The molecule has 1 N–H and O–H groups in total. The van der Waals surface area contributed by atoms with E-state index in [1.54, 1.807) is 0 Å². The number of aliphatic carboxylic acids is 1. The highest BCUT2D eigenvalue weighted by atomic mass is 16.6. The molecule has 2 atom stereocenters. The molecule has 8 heteroatoms. The Morgan fingerprint density at radius 3 is 1.84 bits per heavy atom. The number of carboxylic acid groups (broad SMARTS) is 1. The van der Waals surface area contributed by atoms with E-state index >= 15 is 0 Å². The largest absolute Gasteiger partial charge is 0.477 e. The fraction of sp³-hybridized carbons (Fsp3) is 0.800. The summed E-state index contributed by atoms with van der Waals surface area (Å²) in [5.41, 5.74) is 0. The molecule has 0 aliphatic heterocycles. The predicted octanol–water partition coefficient (Wildman–Crippen LogP) is 7.79. The van der Waals surface area contributed by atoms with Crippen molar-refractivity contribution in [2.24, 2.45) is 0 Å². The maximum absolute atomic E-state index is 12.4. The summed E-state index contributed by atoms with van der Waals surface area (Å²) in [6.45, 7) is 4.33. The average molecular weight is 611 g/mol. The molecule has 0 aromatic heterocycles. The van der Waals surface area contributed by atoms with Crippen molar-refractivity contribution >= 4 is 17.9 Å². The highest BCUT2D eigenvalue weighted by molar-refractivity contribution is 5.72. The number of carbonyl (C=O) groups is 3. The number of quaternary nitrogens is 1. The lowest BCUT2D eigenvalue weighted by atomic mass is 10.1. The van der Waals surface area contributed by atoms with Crippen LogP contribution in [0.4, 0.5) is 0 Å². The van der Waals surface area contributed by atoms with Crippen molar-refractivity contribution in [1.29, 1.82) is 0 Å². The number of unbranched alkanes of at least 4 members (excludes halogenated alkanes) is 11. The molecule has 0 bridgehead atoms. The van der Waals surface area contributed by atoms with Crippen molar-refractivity contribution in [3.63, 3.8) is 0 Å². The lowest BCUT2D eigenvalue weighted by Crippen LogP contribution is -2.50. The first kappa shape index (κ1) is 40.8. The van der Waals surface area contributed by atoms with Gasteiger partial charge in [0.15, 0.2) is 12.1 Å². The standard InChI is InChI=1S/C35H63NO7/c1-6-8-9-10-11-12-13-14-15-16-17-18-19-20-21-22-23-24-26-34(38)43-31(30-42-33(37)25-7-2)29-41-28-27-32(35(39)40)36(3,4)5/h12-13,15-16,31-32H,6-11,14,17-30H2,1-5H3/p+1/b13-12-,16-15-. The molecule has 0 rings (SSSR count). The number of hydrogen-bond acceptors (Lipinski definition) is 6. The molecular weight excluding hydrogens is 546 g/mol. The maximum atomic E-state index is 12.4. The van der Waals surface area contributed by atoms with Crippen molar-refractivity contribution in [2.45, 2.75) is 142 Å². The van der Waals surface area contributed by atoms with Crippen molar-refractivity contribution in [1.82, 2.24) is 0 Å². The van der Waals surface area contributed by atoms with Gasteiger partial charge in [0.25, 0.3) is 0 Å². The van der Waals surface area contributed by atoms with E-state index in [1.165, 1.54) is 57.8 Å². The zero-order chi connectivity index (χ0) is 32.2. The van der Waals surface area contributed by atoms with Crippen LogP contribution in [0.15, 0.2) is 24.3 Å². The quantitative estimate of drug-likeness (QED) is 0.0399. The van der Waals surface area contributed by atoms with Gasteiger partial charge < -0.3 is 23.8 Å². The van der Waals surface area contributed by atoms with Crippen LogP contribution in [0, 0.1) is 0 Å². The third-order valence-corrected chi connectivity index (χ3v) is 7.32. The molecule has 0 saturated heterocycles. The summed E-state index contributed by atoms with van der Waals surface area (Å²) >= 11 is 0. The molecule has 43 heavy (non-hydrogen) atoms. The minimum Gasteiger partial charge on any atom is -0.477 e.